The minimum absolute atomic E-state index is 0.696. The highest BCUT2D eigenvalue weighted by atomic mass is 32.1. The second-order valence-corrected chi connectivity index (χ2v) is 7.48. The lowest BCUT2D eigenvalue weighted by atomic mass is 10.1. The number of hydrogen-bond donors (Lipinski definition) is 1. The number of benzene rings is 1. The summed E-state index contributed by atoms with van der Waals surface area (Å²) >= 11 is 1.68. The first-order chi connectivity index (χ1) is 13.2. The zero-order valence-corrected chi connectivity index (χ0v) is 16.1. The van der Waals surface area contributed by atoms with Gasteiger partial charge < -0.3 is 10.1 Å². The highest BCUT2D eigenvalue weighted by Crippen LogP contribution is 2.30. The number of pyridine rings is 1. The van der Waals surface area contributed by atoms with Gasteiger partial charge in [0.2, 0.25) is 0 Å². The summed E-state index contributed by atoms with van der Waals surface area (Å²) in [5, 5.41) is 4.56. The summed E-state index contributed by atoms with van der Waals surface area (Å²) in [6, 6.07) is 14.2. The smallest absolute Gasteiger partial charge is 0.164 e. The average Bonchev–Trinajstić information content (AvgIpc) is 3.09. The van der Waals surface area contributed by atoms with E-state index in [2.05, 4.69) is 35.4 Å². The van der Waals surface area contributed by atoms with Crippen molar-refractivity contribution in [3.63, 3.8) is 0 Å². The number of nitrogens with one attached hydrogen (secondary N) is 1. The van der Waals surface area contributed by atoms with Crippen molar-refractivity contribution in [3.05, 3.63) is 65.3 Å². The maximum Gasteiger partial charge on any atom is 0.164 e. The fraction of sp³-hybridized carbons (Fsp3) is 0.190. The molecule has 0 amide bonds. The third-order valence-electron chi connectivity index (χ3n) is 4.28. The number of nitrogens with zero attached hydrogens (tertiary/aromatic N) is 3. The van der Waals surface area contributed by atoms with Crippen LogP contribution in [-0.2, 0) is 6.42 Å². The molecular formula is C21H20N4OS. The fourth-order valence-corrected chi connectivity index (χ4v) is 3.83. The Morgan fingerprint density at radius 2 is 2.04 bits per heavy atom. The van der Waals surface area contributed by atoms with Gasteiger partial charge in [0.25, 0.3) is 0 Å². The molecule has 4 rings (SSSR count). The van der Waals surface area contributed by atoms with Crippen LogP contribution in [0.5, 0.6) is 5.75 Å². The van der Waals surface area contributed by atoms with Crippen LogP contribution in [0, 0.1) is 6.92 Å². The van der Waals surface area contributed by atoms with Gasteiger partial charge in [0.15, 0.2) is 5.82 Å². The fourth-order valence-electron chi connectivity index (χ4n) is 2.95. The van der Waals surface area contributed by atoms with Gasteiger partial charge in [0.1, 0.15) is 16.4 Å². The van der Waals surface area contributed by atoms with Gasteiger partial charge in [-0.05, 0) is 49.2 Å². The van der Waals surface area contributed by atoms with Crippen molar-refractivity contribution in [2.24, 2.45) is 0 Å². The van der Waals surface area contributed by atoms with Crippen LogP contribution in [0.1, 0.15) is 10.4 Å². The van der Waals surface area contributed by atoms with Gasteiger partial charge in [-0.15, -0.1) is 11.3 Å². The van der Waals surface area contributed by atoms with E-state index < -0.39 is 0 Å². The first-order valence-corrected chi connectivity index (χ1v) is 9.60. The highest BCUT2D eigenvalue weighted by molar-refractivity contribution is 7.18. The minimum Gasteiger partial charge on any atom is -0.497 e. The van der Waals surface area contributed by atoms with Crippen molar-refractivity contribution in [2.75, 3.05) is 19.0 Å². The van der Waals surface area contributed by atoms with Crippen molar-refractivity contribution >= 4 is 27.4 Å². The van der Waals surface area contributed by atoms with Crippen LogP contribution >= 0.6 is 11.3 Å². The molecular weight excluding hydrogens is 356 g/mol. The van der Waals surface area contributed by atoms with Crippen LogP contribution in [0.3, 0.4) is 0 Å². The summed E-state index contributed by atoms with van der Waals surface area (Å²) in [7, 11) is 1.69. The van der Waals surface area contributed by atoms with Gasteiger partial charge >= 0.3 is 0 Å². The normalized spacial score (nSPS) is 10.9. The summed E-state index contributed by atoms with van der Waals surface area (Å²) in [5.74, 6) is 2.44. The Labute approximate surface area is 162 Å². The van der Waals surface area contributed by atoms with Gasteiger partial charge in [-0.2, -0.15) is 0 Å². The zero-order chi connectivity index (χ0) is 18.6. The second-order valence-electron chi connectivity index (χ2n) is 6.24. The van der Waals surface area contributed by atoms with E-state index in [0.29, 0.717) is 5.82 Å². The first kappa shape index (κ1) is 17.4. The van der Waals surface area contributed by atoms with E-state index >= 15 is 0 Å². The summed E-state index contributed by atoms with van der Waals surface area (Å²) in [6.45, 7) is 2.87. The van der Waals surface area contributed by atoms with E-state index in [9.17, 15) is 0 Å². The number of methoxy groups -OCH3 is 1. The average molecular weight is 376 g/mol. The molecule has 3 heterocycles. The van der Waals surface area contributed by atoms with Gasteiger partial charge in [-0.25, -0.2) is 9.97 Å². The van der Waals surface area contributed by atoms with Gasteiger partial charge in [0.05, 0.1) is 12.5 Å². The Balaban J connectivity index is 1.60. The van der Waals surface area contributed by atoms with Crippen LogP contribution in [-0.4, -0.2) is 28.6 Å². The topological polar surface area (TPSA) is 59.9 Å². The summed E-state index contributed by atoms with van der Waals surface area (Å²) in [5.41, 5.74) is 2.14. The maximum absolute atomic E-state index is 5.30. The number of thiophene rings is 1. The monoisotopic (exact) mass is 376 g/mol. The van der Waals surface area contributed by atoms with Crippen molar-refractivity contribution in [1.82, 2.24) is 15.0 Å². The third kappa shape index (κ3) is 3.90. The summed E-state index contributed by atoms with van der Waals surface area (Å²) in [6.07, 6.45) is 4.43. The molecule has 0 aliphatic carbocycles. The molecule has 27 heavy (non-hydrogen) atoms. The molecule has 3 aromatic heterocycles. The number of hydrogen-bond acceptors (Lipinski definition) is 6. The first-order valence-electron chi connectivity index (χ1n) is 8.78. The summed E-state index contributed by atoms with van der Waals surface area (Å²) < 4.78 is 5.30. The molecule has 4 aromatic rings. The Kier molecular flexibility index (Phi) is 4.98. The van der Waals surface area contributed by atoms with E-state index in [1.807, 2.05) is 24.3 Å². The molecule has 6 heteroatoms. The highest BCUT2D eigenvalue weighted by Gasteiger charge is 2.12. The van der Waals surface area contributed by atoms with Crippen LogP contribution in [0.25, 0.3) is 21.6 Å². The lowest BCUT2D eigenvalue weighted by Crippen LogP contribution is -2.07. The van der Waals surface area contributed by atoms with Gasteiger partial charge in [-0.1, -0.05) is 12.1 Å². The number of anilines is 1. The predicted octanol–water partition coefficient (Wildman–Crippen LogP) is 4.72. The molecule has 0 spiro atoms. The van der Waals surface area contributed by atoms with E-state index in [1.165, 1.54) is 10.4 Å². The van der Waals surface area contributed by atoms with E-state index in [0.717, 1.165) is 40.3 Å². The van der Waals surface area contributed by atoms with E-state index in [1.54, 1.807) is 30.8 Å². The number of rotatable bonds is 6. The third-order valence-corrected chi connectivity index (χ3v) is 5.22. The molecule has 0 aliphatic rings. The molecule has 0 bridgehead atoms. The predicted molar refractivity (Wildman–Crippen MR) is 111 cm³/mol. The molecule has 0 radical (unpaired) electrons. The lowest BCUT2D eigenvalue weighted by Gasteiger charge is -2.09. The quantitative estimate of drug-likeness (QED) is 0.527. The number of aromatic nitrogens is 3. The molecule has 0 unspecified atom stereocenters. The molecule has 0 aliphatic heterocycles. The SMILES string of the molecule is COc1cccc(CCNc2nc(-c3cccnc3)nc3sc(C)cc23)c1. The van der Waals surface area contributed by atoms with Crippen molar-refractivity contribution in [1.29, 1.82) is 0 Å². The molecule has 136 valence electrons. The Hall–Kier alpha value is -2.99. The second kappa shape index (κ2) is 7.72. The zero-order valence-electron chi connectivity index (χ0n) is 15.3. The van der Waals surface area contributed by atoms with Crippen molar-refractivity contribution in [2.45, 2.75) is 13.3 Å². The number of ether oxygens (including phenoxy) is 1. The van der Waals surface area contributed by atoms with Crippen LogP contribution in [0.2, 0.25) is 0 Å². The van der Waals surface area contributed by atoms with Crippen molar-refractivity contribution in [3.8, 4) is 17.1 Å². The van der Waals surface area contributed by atoms with Gasteiger partial charge in [-0.3, -0.25) is 4.98 Å². The summed E-state index contributed by atoms with van der Waals surface area (Å²) in [4.78, 5) is 15.9. The Morgan fingerprint density at radius 1 is 1.11 bits per heavy atom. The number of fused-ring (bicyclic) bond motifs is 1. The van der Waals surface area contributed by atoms with Crippen molar-refractivity contribution < 1.29 is 4.74 Å². The molecule has 0 fully saturated rings. The maximum atomic E-state index is 5.30. The molecule has 1 aromatic carbocycles. The molecule has 0 atom stereocenters. The number of aryl methyl sites for hydroxylation is 1. The molecule has 5 nitrogen and oxygen atoms in total. The minimum atomic E-state index is 0.696. The van der Waals surface area contributed by atoms with E-state index in [-0.39, 0.29) is 0 Å². The van der Waals surface area contributed by atoms with Crippen LogP contribution < -0.4 is 10.1 Å². The van der Waals surface area contributed by atoms with Crippen LogP contribution in [0.4, 0.5) is 5.82 Å². The standard InChI is InChI=1S/C21H20N4OS/c1-14-11-18-20(23-10-8-15-5-3-7-17(12-15)26-2)24-19(25-21(18)27-14)16-6-4-9-22-13-16/h3-7,9,11-13H,8,10H2,1-2H3,(H,23,24,25). The Bertz CT molecular complexity index is 1060. The molecule has 1 N–H and O–H groups in total. The molecule has 0 saturated heterocycles. The lowest BCUT2D eigenvalue weighted by molar-refractivity contribution is 0.414. The Morgan fingerprint density at radius 3 is 2.85 bits per heavy atom. The van der Waals surface area contributed by atoms with Crippen LogP contribution in [0.15, 0.2) is 54.9 Å². The largest absolute Gasteiger partial charge is 0.497 e. The van der Waals surface area contributed by atoms with Gasteiger partial charge in [0, 0.05) is 29.4 Å². The molecule has 0 saturated carbocycles. The van der Waals surface area contributed by atoms with E-state index in [4.69, 9.17) is 14.7 Å².